The second-order valence-corrected chi connectivity index (χ2v) is 8.57. The van der Waals surface area contributed by atoms with E-state index in [0.29, 0.717) is 12.2 Å². The summed E-state index contributed by atoms with van der Waals surface area (Å²) in [6, 6.07) is 8.10. The summed E-state index contributed by atoms with van der Waals surface area (Å²) in [5.41, 5.74) is 4.66. The van der Waals surface area contributed by atoms with Crippen molar-refractivity contribution in [1.82, 2.24) is 19.9 Å². The van der Waals surface area contributed by atoms with Crippen LogP contribution in [0.25, 0.3) is 22.2 Å². The van der Waals surface area contributed by atoms with E-state index in [9.17, 15) is 9.90 Å². The molecule has 6 nitrogen and oxygen atoms in total. The molecule has 1 saturated heterocycles. The minimum Gasteiger partial charge on any atom is -0.393 e. The maximum atomic E-state index is 12.1. The highest BCUT2D eigenvalue weighted by Gasteiger charge is 2.29. The molecule has 0 radical (unpaired) electrons. The number of rotatable bonds is 6. The molecule has 6 heteroatoms. The number of pyridine rings is 3. The zero-order valence-electron chi connectivity index (χ0n) is 17.0. The lowest BCUT2D eigenvalue weighted by Crippen LogP contribution is -2.35. The van der Waals surface area contributed by atoms with Crippen LogP contribution in [0.3, 0.4) is 0 Å². The van der Waals surface area contributed by atoms with Gasteiger partial charge in [-0.1, -0.05) is 0 Å². The fourth-order valence-corrected chi connectivity index (χ4v) is 4.09. The highest BCUT2D eigenvalue weighted by Crippen LogP contribution is 2.31. The van der Waals surface area contributed by atoms with Crippen molar-refractivity contribution in [3.8, 4) is 11.3 Å². The quantitative estimate of drug-likeness (QED) is 0.682. The van der Waals surface area contributed by atoms with Gasteiger partial charge in [0.05, 0.1) is 17.3 Å². The lowest BCUT2D eigenvalue weighted by atomic mass is 10.1. The molecular formula is C24H26N4O2. The molecule has 0 bridgehead atoms. The molecule has 2 aliphatic rings. The topological polar surface area (TPSA) is 79.2 Å². The van der Waals surface area contributed by atoms with E-state index in [2.05, 4.69) is 20.9 Å². The molecule has 0 aromatic carbocycles. The number of Topliss-reactive ketones (excluding diaryl/α,β-unsaturated/α-hetero) is 1. The van der Waals surface area contributed by atoms with Gasteiger partial charge in [0.2, 0.25) is 0 Å². The molecule has 3 aromatic rings. The maximum Gasteiger partial charge on any atom is 0.141 e. The Kier molecular flexibility index (Phi) is 5.27. The zero-order chi connectivity index (χ0) is 20.5. The number of hydrogen-bond acceptors (Lipinski definition) is 6. The molecule has 1 aliphatic carbocycles. The van der Waals surface area contributed by atoms with Gasteiger partial charge in [-0.3, -0.25) is 19.7 Å². The molecule has 1 N–H and O–H groups in total. The van der Waals surface area contributed by atoms with Crippen LogP contribution in [-0.2, 0) is 17.8 Å². The summed E-state index contributed by atoms with van der Waals surface area (Å²) in [6.07, 6.45) is 9.50. The van der Waals surface area contributed by atoms with E-state index in [1.807, 2.05) is 30.6 Å². The van der Waals surface area contributed by atoms with E-state index in [1.165, 1.54) is 0 Å². The maximum absolute atomic E-state index is 12.1. The Bertz CT molecular complexity index is 1070. The van der Waals surface area contributed by atoms with Crippen molar-refractivity contribution in [1.29, 1.82) is 0 Å². The number of aliphatic hydroxyl groups is 1. The summed E-state index contributed by atoms with van der Waals surface area (Å²) in [5.74, 6) is 0.541. The van der Waals surface area contributed by atoms with E-state index in [1.54, 1.807) is 6.20 Å². The number of piperidine rings is 1. The Morgan fingerprint density at radius 1 is 1.07 bits per heavy atom. The van der Waals surface area contributed by atoms with Crippen molar-refractivity contribution in [2.75, 3.05) is 13.1 Å². The zero-order valence-corrected chi connectivity index (χ0v) is 17.0. The van der Waals surface area contributed by atoms with Crippen LogP contribution in [0.15, 0.2) is 42.9 Å². The van der Waals surface area contributed by atoms with Crippen molar-refractivity contribution in [3.63, 3.8) is 0 Å². The third-order valence-electron chi connectivity index (χ3n) is 6.07. The van der Waals surface area contributed by atoms with Gasteiger partial charge in [-0.15, -0.1) is 0 Å². The van der Waals surface area contributed by atoms with Crippen LogP contribution in [0.2, 0.25) is 0 Å². The number of likely N-dealkylation sites (tertiary alicyclic amines) is 1. The molecule has 3 aromatic heterocycles. The predicted octanol–water partition coefficient (Wildman–Crippen LogP) is 3.17. The first kappa shape index (κ1) is 19.3. The lowest BCUT2D eigenvalue weighted by molar-refractivity contribution is -0.119. The fraction of sp³-hybridized carbons (Fsp3) is 0.417. The molecule has 0 atom stereocenters. The average molecular weight is 402 g/mol. The van der Waals surface area contributed by atoms with Crippen molar-refractivity contribution >= 4 is 16.7 Å². The number of fused-ring (bicyclic) bond motifs is 1. The van der Waals surface area contributed by atoms with Gasteiger partial charge < -0.3 is 5.11 Å². The summed E-state index contributed by atoms with van der Waals surface area (Å²) in [7, 11) is 0. The van der Waals surface area contributed by atoms with Gasteiger partial charge >= 0.3 is 0 Å². The third-order valence-corrected chi connectivity index (χ3v) is 6.07. The minimum atomic E-state index is -0.161. The Balaban J connectivity index is 1.36. The number of ketones is 1. The summed E-state index contributed by atoms with van der Waals surface area (Å²) < 4.78 is 0. The average Bonchev–Trinajstić information content (AvgIpc) is 3.61. The first-order valence-electron chi connectivity index (χ1n) is 10.8. The molecule has 4 heterocycles. The Morgan fingerprint density at radius 2 is 1.90 bits per heavy atom. The second kappa shape index (κ2) is 8.20. The number of aromatic nitrogens is 3. The lowest BCUT2D eigenvalue weighted by Gasteiger charge is -2.29. The van der Waals surface area contributed by atoms with Gasteiger partial charge in [-0.2, -0.15) is 0 Å². The number of carbonyl (C=O) groups is 1. The summed E-state index contributed by atoms with van der Waals surface area (Å²) in [4.78, 5) is 28.2. The van der Waals surface area contributed by atoms with Crippen LogP contribution < -0.4 is 0 Å². The second-order valence-electron chi connectivity index (χ2n) is 8.57. The molecule has 2 fully saturated rings. The third kappa shape index (κ3) is 4.40. The molecule has 0 amide bonds. The molecular weight excluding hydrogens is 376 g/mol. The van der Waals surface area contributed by atoms with E-state index in [4.69, 9.17) is 4.98 Å². The van der Waals surface area contributed by atoms with Gasteiger partial charge in [-0.05, 0) is 55.5 Å². The molecule has 30 heavy (non-hydrogen) atoms. The van der Waals surface area contributed by atoms with Crippen LogP contribution in [-0.4, -0.2) is 49.9 Å². The van der Waals surface area contributed by atoms with Crippen LogP contribution in [0.1, 0.15) is 36.9 Å². The monoisotopic (exact) mass is 402 g/mol. The van der Waals surface area contributed by atoms with Crippen molar-refractivity contribution in [3.05, 3.63) is 54.1 Å². The normalized spacial score (nSPS) is 18.0. The largest absolute Gasteiger partial charge is 0.393 e. The summed E-state index contributed by atoms with van der Waals surface area (Å²) in [6.45, 7) is 2.66. The van der Waals surface area contributed by atoms with Crippen LogP contribution in [0, 0.1) is 5.92 Å². The van der Waals surface area contributed by atoms with E-state index >= 15 is 0 Å². The van der Waals surface area contributed by atoms with E-state index < -0.39 is 0 Å². The van der Waals surface area contributed by atoms with Gasteiger partial charge in [-0.25, -0.2) is 4.98 Å². The van der Waals surface area contributed by atoms with E-state index in [-0.39, 0.29) is 12.0 Å². The highest BCUT2D eigenvalue weighted by molar-refractivity contribution is 5.86. The standard InChI is InChI=1S/C24H26N4O2/c29-21-5-7-28(8-6-21)15-16-9-19(13-25-12-16)22-4-3-18-14-26-20(10-23(18)27-22)11-24(30)17-1-2-17/h3-4,9-10,12-14,17,21,29H,1-2,5-8,11,15H2. The van der Waals surface area contributed by atoms with Gasteiger partial charge in [0.15, 0.2) is 0 Å². The first-order valence-corrected chi connectivity index (χ1v) is 10.8. The number of nitrogens with zero attached hydrogens (tertiary/aromatic N) is 4. The van der Waals surface area contributed by atoms with Crippen molar-refractivity contribution in [2.45, 2.75) is 44.8 Å². The molecule has 0 spiro atoms. The van der Waals surface area contributed by atoms with Crippen molar-refractivity contribution < 1.29 is 9.90 Å². The Hall–Kier alpha value is -2.70. The Labute approximate surface area is 176 Å². The Morgan fingerprint density at radius 3 is 2.70 bits per heavy atom. The van der Waals surface area contributed by atoms with Crippen LogP contribution >= 0.6 is 0 Å². The molecule has 154 valence electrons. The fourth-order valence-electron chi connectivity index (χ4n) is 4.09. The molecule has 1 saturated carbocycles. The molecule has 5 rings (SSSR count). The number of aliphatic hydroxyl groups excluding tert-OH is 1. The summed E-state index contributed by atoms with van der Waals surface area (Å²) in [5, 5.41) is 10.7. The SMILES string of the molecule is O=C(Cc1cc2nc(-c3cncc(CN4CCC(O)CC4)c3)ccc2cn1)C1CC1. The number of hydrogen-bond donors (Lipinski definition) is 1. The van der Waals surface area contributed by atoms with Crippen molar-refractivity contribution in [2.24, 2.45) is 5.92 Å². The van der Waals surface area contributed by atoms with Crippen LogP contribution in [0.4, 0.5) is 0 Å². The van der Waals surface area contributed by atoms with Gasteiger partial charge in [0.1, 0.15) is 5.78 Å². The smallest absolute Gasteiger partial charge is 0.141 e. The van der Waals surface area contributed by atoms with Gasteiger partial charge in [0, 0.05) is 67.2 Å². The van der Waals surface area contributed by atoms with Gasteiger partial charge in [0.25, 0.3) is 0 Å². The van der Waals surface area contributed by atoms with Crippen LogP contribution in [0.5, 0.6) is 0 Å². The summed E-state index contributed by atoms with van der Waals surface area (Å²) >= 11 is 0. The highest BCUT2D eigenvalue weighted by atomic mass is 16.3. The molecule has 1 aliphatic heterocycles. The molecule has 0 unspecified atom stereocenters. The first-order chi connectivity index (χ1) is 14.6. The minimum absolute atomic E-state index is 0.161. The number of carbonyl (C=O) groups excluding carboxylic acids is 1. The van der Waals surface area contributed by atoms with E-state index in [0.717, 1.165) is 78.7 Å². The predicted molar refractivity (Wildman–Crippen MR) is 115 cm³/mol.